The highest BCUT2D eigenvalue weighted by Crippen LogP contribution is 2.16. The molecular formula is C7H12N2O2. The Balaban J connectivity index is 2.45. The Morgan fingerprint density at radius 1 is 1.64 bits per heavy atom. The molecule has 1 heterocycles. The van der Waals surface area contributed by atoms with Gasteiger partial charge in [0.15, 0.2) is 0 Å². The van der Waals surface area contributed by atoms with Crippen LogP contribution in [0.25, 0.3) is 0 Å². The van der Waals surface area contributed by atoms with Crippen molar-refractivity contribution in [1.29, 1.82) is 5.26 Å². The number of aliphatic hydroxyl groups excluding tert-OH is 2. The van der Waals surface area contributed by atoms with Crippen molar-refractivity contribution in [3.8, 4) is 6.07 Å². The Bertz CT molecular complexity index is 166. The van der Waals surface area contributed by atoms with E-state index in [-0.39, 0.29) is 18.8 Å². The van der Waals surface area contributed by atoms with Gasteiger partial charge in [-0.1, -0.05) is 0 Å². The molecule has 0 aromatic carbocycles. The van der Waals surface area contributed by atoms with Gasteiger partial charge in [0, 0.05) is 12.6 Å². The topological polar surface area (TPSA) is 67.5 Å². The normalized spacial score (nSPS) is 32.1. The third kappa shape index (κ3) is 1.90. The molecule has 0 aromatic rings. The van der Waals surface area contributed by atoms with Gasteiger partial charge < -0.3 is 10.2 Å². The van der Waals surface area contributed by atoms with E-state index in [2.05, 4.69) is 0 Å². The summed E-state index contributed by atoms with van der Waals surface area (Å²) in [7, 11) is 0. The molecule has 1 fully saturated rings. The fourth-order valence-corrected chi connectivity index (χ4v) is 1.43. The molecule has 62 valence electrons. The van der Waals surface area contributed by atoms with E-state index >= 15 is 0 Å². The molecule has 0 aliphatic carbocycles. The highest BCUT2D eigenvalue weighted by Gasteiger charge is 2.29. The predicted molar refractivity (Wildman–Crippen MR) is 38.7 cm³/mol. The number of hydrogen-bond acceptors (Lipinski definition) is 4. The van der Waals surface area contributed by atoms with Gasteiger partial charge in [-0.15, -0.1) is 0 Å². The Hall–Kier alpha value is -0.630. The monoisotopic (exact) mass is 156 g/mol. The quantitative estimate of drug-likeness (QED) is 0.500. The van der Waals surface area contributed by atoms with Gasteiger partial charge in [0.05, 0.1) is 25.3 Å². The zero-order valence-corrected chi connectivity index (χ0v) is 6.27. The van der Waals surface area contributed by atoms with Crippen LogP contribution in [0.15, 0.2) is 0 Å². The van der Waals surface area contributed by atoms with Crippen molar-refractivity contribution in [2.24, 2.45) is 0 Å². The Morgan fingerprint density at radius 2 is 2.36 bits per heavy atom. The maximum Gasteiger partial charge on any atom is 0.0870 e. The summed E-state index contributed by atoms with van der Waals surface area (Å²) in [6.45, 7) is 0.833. The van der Waals surface area contributed by atoms with Gasteiger partial charge in [-0.2, -0.15) is 5.26 Å². The van der Waals surface area contributed by atoms with Crippen molar-refractivity contribution in [2.75, 3.05) is 19.7 Å². The Morgan fingerprint density at radius 3 is 2.91 bits per heavy atom. The zero-order chi connectivity index (χ0) is 8.27. The van der Waals surface area contributed by atoms with E-state index < -0.39 is 0 Å². The first kappa shape index (κ1) is 8.47. The Labute approximate surface area is 65.7 Å². The second-order valence-corrected chi connectivity index (χ2v) is 2.81. The van der Waals surface area contributed by atoms with Crippen molar-refractivity contribution in [3.63, 3.8) is 0 Å². The van der Waals surface area contributed by atoms with Gasteiger partial charge in [-0.25, -0.2) is 0 Å². The number of aliphatic hydroxyl groups is 2. The summed E-state index contributed by atoms with van der Waals surface area (Å²) < 4.78 is 0. The van der Waals surface area contributed by atoms with Gasteiger partial charge in [0.25, 0.3) is 0 Å². The van der Waals surface area contributed by atoms with Gasteiger partial charge in [0.2, 0.25) is 0 Å². The summed E-state index contributed by atoms with van der Waals surface area (Å²) in [4.78, 5) is 1.80. The molecule has 0 amide bonds. The molecule has 0 unspecified atom stereocenters. The van der Waals surface area contributed by atoms with Crippen molar-refractivity contribution in [1.82, 2.24) is 4.90 Å². The smallest absolute Gasteiger partial charge is 0.0870 e. The number of nitriles is 1. The van der Waals surface area contributed by atoms with E-state index in [9.17, 15) is 0 Å². The molecule has 1 aliphatic heterocycles. The van der Waals surface area contributed by atoms with Crippen molar-refractivity contribution < 1.29 is 10.2 Å². The van der Waals surface area contributed by atoms with Crippen LogP contribution in [0.4, 0.5) is 0 Å². The van der Waals surface area contributed by atoms with Crippen LogP contribution in [0.3, 0.4) is 0 Å². The molecule has 1 saturated heterocycles. The highest BCUT2D eigenvalue weighted by molar-refractivity contribution is 4.89. The third-order valence-electron chi connectivity index (χ3n) is 1.99. The van der Waals surface area contributed by atoms with Gasteiger partial charge >= 0.3 is 0 Å². The van der Waals surface area contributed by atoms with Gasteiger partial charge in [0.1, 0.15) is 0 Å². The summed E-state index contributed by atoms with van der Waals surface area (Å²) in [6, 6.07) is 1.97. The number of hydrogen-bond donors (Lipinski definition) is 2. The highest BCUT2D eigenvalue weighted by atomic mass is 16.3. The second kappa shape index (κ2) is 3.67. The summed E-state index contributed by atoms with van der Waals surface area (Å²) in [5.74, 6) is 0. The molecule has 4 nitrogen and oxygen atoms in total. The molecule has 2 atom stereocenters. The largest absolute Gasteiger partial charge is 0.395 e. The van der Waals surface area contributed by atoms with Gasteiger partial charge in [-0.3, -0.25) is 4.90 Å². The first-order valence-electron chi connectivity index (χ1n) is 3.68. The molecule has 1 aliphatic rings. The third-order valence-corrected chi connectivity index (χ3v) is 1.99. The lowest BCUT2D eigenvalue weighted by atomic mass is 10.2. The van der Waals surface area contributed by atoms with Gasteiger partial charge in [-0.05, 0) is 6.42 Å². The van der Waals surface area contributed by atoms with Crippen LogP contribution in [0.2, 0.25) is 0 Å². The van der Waals surface area contributed by atoms with Crippen LogP contribution in [0.5, 0.6) is 0 Å². The molecule has 0 saturated carbocycles. The first-order chi connectivity index (χ1) is 5.27. The van der Waals surface area contributed by atoms with Crippen molar-refractivity contribution >= 4 is 0 Å². The molecule has 11 heavy (non-hydrogen) atoms. The molecule has 0 aromatic heterocycles. The molecule has 4 heteroatoms. The van der Waals surface area contributed by atoms with Crippen LogP contribution in [-0.2, 0) is 0 Å². The molecular weight excluding hydrogens is 144 g/mol. The van der Waals surface area contributed by atoms with E-state index in [4.69, 9.17) is 15.5 Å². The lowest BCUT2D eigenvalue weighted by Gasteiger charge is -2.17. The summed E-state index contributed by atoms with van der Waals surface area (Å²) in [6.07, 6.45) is 0.207. The zero-order valence-electron chi connectivity index (χ0n) is 6.27. The maximum atomic E-state index is 9.17. The molecule has 0 spiro atoms. The summed E-state index contributed by atoms with van der Waals surface area (Å²) >= 11 is 0. The fourth-order valence-electron chi connectivity index (χ4n) is 1.43. The second-order valence-electron chi connectivity index (χ2n) is 2.81. The van der Waals surface area contributed by atoms with Crippen LogP contribution in [0.1, 0.15) is 6.42 Å². The van der Waals surface area contributed by atoms with Crippen molar-refractivity contribution in [2.45, 2.75) is 18.6 Å². The summed E-state index contributed by atoms with van der Waals surface area (Å²) in [5.41, 5.74) is 0. The van der Waals surface area contributed by atoms with Crippen LogP contribution >= 0.6 is 0 Å². The molecule has 0 radical (unpaired) electrons. The molecule has 2 N–H and O–H groups in total. The van der Waals surface area contributed by atoms with E-state index in [1.807, 2.05) is 6.07 Å². The molecule has 0 bridgehead atoms. The van der Waals surface area contributed by atoms with E-state index in [1.54, 1.807) is 4.90 Å². The van der Waals surface area contributed by atoms with E-state index in [0.29, 0.717) is 19.5 Å². The van der Waals surface area contributed by atoms with E-state index in [1.165, 1.54) is 0 Å². The Kier molecular flexibility index (Phi) is 2.83. The number of likely N-dealkylation sites (tertiary alicyclic amines) is 1. The first-order valence-corrected chi connectivity index (χ1v) is 3.68. The minimum Gasteiger partial charge on any atom is -0.395 e. The van der Waals surface area contributed by atoms with Crippen LogP contribution in [-0.4, -0.2) is 47.0 Å². The fraction of sp³-hybridized carbons (Fsp3) is 0.857. The van der Waals surface area contributed by atoms with Crippen LogP contribution in [0, 0.1) is 11.3 Å². The number of β-amino-alcohol motifs (C(OH)–C–C–N with tert-alkyl or cyclic N) is 1. The number of rotatable bonds is 2. The average Bonchev–Trinajstić information content (AvgIpc) is 2.32. The lowest BCUT2D eigenvalue weighted by Crippen LogP contribution is -2.32. The minimum absolute atomic E-state index is 0.0235. The maximum absolute atomic E-state index is 9.17. The number of nitrogens with zero attached hydrogens (tertiary/aromatic N) is 2. The van der Waals surface area contributed by atoms with Crippen LogP contribution < -0.4 is 0 Å². The lowest BCUT2D eigenvalue weighted by molar-refractivity contribution is 0.169. The SMILES string of the molecule is N#CCN1C[C@@H](O)C[C@H]1CO. The molecule has 1 rings (SSSR count). The average molecular weight is 156 g/mol. The predicted octanol–water partition coefficient (Wildman–Crippen LogP) is -1.06. The van der Waals surface area contributed by atoms with E-state index in [0.717, 1.165) is 0 Å². The standard InChI is InChI=1S/C7H12N2O2/c8-1-2-9-4-7(11)3-6(9)5-10/h6-7,10-11H,2-5H2/t6-,7-/m0/s1. The summed E-state index contributed by atoms with van der Waals surface area (Å²) in [5, 5.41) is 26.4. The minimum atomic E-state index is -0.375. The van der Waals surface area contributed by atoms with Crippen molar-refractivity contribution in [3.05, 3.63) is 0 Å².